The highest BCUT2D eigenvalue weighted by Gasteiger charge is 2.04. The zero-order valence-corrected chi connectivity index (χ0v) is 8.53. The number of allylic oxidation sites excluding steroid dienone is 3. The van der Waals surface area contributed by atoms with Crippen LogP contribution in [0.25, 0.3) is 0 Å². The molecule has 13 heavy (non-hydrogen) atoms. The van der Waals surface area contributed by atoms with E-state index < -0.39 is 0 Å². The molecule has 0 aliphatic heterocycles. The largest absolute Gasteiger partial charge is 0.0979 e. The third kappa shape index (κ3) is 3.51. The van der Waals surface area contributed by atoms with E-state index in [1.807, 2.05) is 0 Å². The summed E-state index contributed by atoms with van der Waals surface area (Å²) in [5.74, 6) is 6.43. The summed E-state index contributed by atoms with van der Waals surface area (Å²) in [5.41, 5.74) is 2.43. The van der Waals surface area contributed by atoms with E-state index in [1.54, 1.807) is 0 Å². The summed E-state index contributed by atoms with van der Waals surface area (Å²) in [5, 5.41) is 0. The summed E-state index contributed by atoms with van der Waals surface area (Å²) < 4.78 is 0. The van der Waals surface area contributed by atoms with E-state index in [9.17, 15) is 0 Å². The molecule has 0 saturated carbocycles. The van der Waals surface area contributed by atoms with Crippen molar-refractivity contribution in [2.24, 2.45) is 0 Å². The van der Waals surface area contributed by atoms with Crippen molar-refractivity contribution in [1.29, 1.82) is 0 Å². The van der Waals surface area contributed by atoms with Crippen molar-refractivity contribution in [3.05, 3.63) is 23.8 Å². The first-order valence-corrected chi connectivity index (χ1v) is 5.21. The minimum absolute atomic E-state index is 1.03. The highest BCUT2D eigenvalue weighted by molar-refractivity contribution is 5.45. The highest BCUT2D eigenvalue weighted by Crippen LogP contribution is 2.21. The summed E-state index contributed by atoms with van der Waals surface area (Å²) in [6.07, 6.45) is 9.26. The molecule has 0 nitrogen and oxygen atoms in total. The van der Waals surface area contributed by atoms with E-state index in [0.29, 0.717) is 0 Å². The smallest absolute Gasteiger partial charge is 0.0231 e. The summed E-state index contributed by atoms with van der Waals surface area (Å²) in [6, 6.07) is 0. The molecule has 1 aliphatic rings. The van der Waals surface area contributed by atoms with Gasteiger partial charge in [0.05, 0.1) is 0 Å². The second kappa shape index (κ2) is 5.65. The van der Waals surface area contributed by atoms with Gasteiger partial charge in [0.1, 0.15) is 0 Å². The lowest BCUT2D eigenvalue weighted by Crippen LogP contribution is -1.92. The Hall–Kier alpha value is -0.960. The third-order valence-electron chi connectivity index (χ3n) is 2.29. The third-order valence-corrected chi connectivity index (χ3v) is 2.29. The molecule has 0 heteroatoms. The Kier molecular flexibility index (Phi) is 4.40. The van der Waals surface area contributed by atoms with Crippen molar-refractivity contribution in [3.63, 3.8) is 0 Å². The molecule has 0 bridgehead atoms. The van der Waals surface area contributed by atoms with Crippen LogP contribution >= 0.6 is 0 Å². The Balaban J connectivity index is 2.45. The second-order valence-corrected chi connectivity index (χ2v) is 3.52. The number of unbranched alkanes of at least 4 members (excludes halogenated alkanes) is 2. The summed E-state index contributed by atoms with van der Waals surface area (Å²) in [4.78, 5) is 0. The Morgan fingerprint density at radius 2 is 2.38 bits per heavy atom. The fourth-order valence-corrected chi connectivity index (χ4v) is 1.40. The van der Waals surface area contributed by atoms with Gasteiger partial charge in [-0.25, -0.2) is 0 Å². The average Bonchev–Trinajstić information content (AvgIpc) is 2.15. The average molecular weight is 174 g/mol. The Bertz CT molecular complexity index is 257. The molecule has 1 aliphatic carbocycles. The molecular weight excluding hydrogens is 156 g/mol. The highest BCUT2D eigenvalue weighted by atomic mass is 14.1. The summed E-state index contributed by atoms with van der Waals surface area (Å²) in [7, 11) is 0. The Morgan fingerprint density at radius 3 is 3.08 bits per heavy atom. The van der Waals surface area contributed by atoms with Crippen LogP contribution in [-0.4, -0.2) is 0 Å². The summed E-state index contributed by atoms with van der Waals surface area (Å²) >= 11 is 0. The molecule has 0 aromatic carbocycles. The van der Waals surface area contributed by atoms with Crippen molar-refractivity contribution in [2.45, 2.75) is 45.4 Å². The molecule has 1 rings (SSSR count). The molecule has 0 saturated heterocycles. The van der Waals surface area contributed by atoms with E-state index in [-0.39, 0.29) is 0 Å². The van der Waals surface area contributed by atoms with E-state index in [2.05, 4.69) is 31.4 Å². The predicted octanol–water partition coefficient (Wildman–Crippen LogP) is 3.85. The van der Waals surface area contributed by atoms with E-state index in [0.717, 1.165) is 12.8 Å². The standard InChI is InChI=1S/C13H18/c1-3-4-5-6-10-13-11-8-7-9-12(13)2/h11H,2-5,7-9H2,1H3. The first-order valence-electron chi connectivity index (χ1n) is 5.21. The Morgan fingerprint density at radius 1 is 1.54 bits per heavy atom. The van der Waals surface area contributed by atoms with Gasteiger partial charge in [-0.15, -0.1) is 0 Å². The molecule has 0 fully saturated rings. The fourth-order valence-electron chi connectivity index (χ4n) is 1.40. The maximum atomic E-state index is 4.02. The maximum Gasteiger partial charge on any atom is 0.0231 e. The number of hydrogen-bond donors (Lipinski definition) is 0. The molecule has 0 heterocycles. The minimum Gasteiger partial charge on any atom is -0.0979 e. The molecule has 0 unspecified atom stereocenters. The van der Waals surface area contributed by atoms with Gasteiger partial charge in [0, 0.05) is 12.0 Å². The van der Waals surface area contributed by atoms with Crippen LogP contribution in [0.3, 0.4) is 0 Å². The van der Waals surface area contributed by atoms with Crippen LogP contribution in [0.1, 0.15) is 45.4 Å². The van der Waals surface area contributed by atoms with Crippen LogP contribution in [-0.2, 0) is 0 Å². The lowest BCUT2D eigenvalue weighted by molar-refractivity contribution is 0.812. The minimum atomic E-state index is 1.03. The van der Waals surface area contributed by atoms with Crippen LogP contribution in [0.15, 0.2) is 23.8 Å². The SMILES string of the molecule is C=C1CCCC=C1C#CCCCC. The predicted molar refractivity (Wildman–Crippen MR) is 58.4 cm³/mol. The van der Waals surface area contributed by atoms with Gasteiger partial charge in [-0.1, -0.05) is 37.8 Å². The summed E-state index contributed by atoms with van der Waals surface area (Å²) in [6.45, 7) is 6.22. The van der Waals surface area contributed by atoms with Crippen LogP contribution in [0.4, 0.5) is 0 Å². The first-order chi connectivity index (χ1) is 6.34. The van der Waals surface area contributed by atoms with E-state index in [1.165, 1.54) is 36.8 Å². The molecule has 70 valence electrons. The molecule has 0 aromatic rings. The molecule has 0 amide bonds. The first kappa shape index (κ1) is 10.1. The van der Waals surface area contributed by atoms with Gasteiger partial charge in [0.2, 0.25) is 0 Å². The molecule has 0 atom stereocenters. The van der Waals surface area contributed by atoms with Gasteiger partial charge in [0.25, 0.3) is 0 Å². The fraction of sp³-hybridized carbons (Fsp3) is 0.538. The monoisotopic (exact) mass is 174 g/mol. The number of hydrogen-bond acceptors (Lipinski definition) is 0. The molecular formula is C13H18. The molecule has 0 radical (unpaired) electrons. The molecule has 0 aromatic heterocycles. The topological polar surface area (TPSA) is 0 Å². The van der Waals surface area contributed by atoms with E-state index >= 15 is 0 Å². The lowest BCUT2D eigenvalue weighted by Gasteiger charge is -2.09. The Labute approximate surface area is 81.7 Å². The zero-order chi connectivity index (χ0) is 9.52. The van der Waals surface area contributed by atoms with Crippen molar-refractivity contribution >= 4 is 0 Å². The molecule has 0 N–H and O–H groups in total. The van der Waals surface area contributed by atoms with E-state index in [4.69, 9.17) is 0 Å². The zero-order valence-electron chi connectivity index (χ0n) is 8.53. The van der Waals surface area contributed by atoms with Crippen LogP contribution in [0.2, 0.25) is 0 Å². The van der Waals surface area contributed by atoms with Crippen LogP contribution < -0.4 is 0 Å². The molecule has 0 spiro atoms. The number of rotatable bonds is 2. The van der Waals surface area contributed by atoms with Gasteiger partial charge >= 0.3 is 0 Å². The second-order valence-electron chi connectivity index (χ2n) is 3.52. The van der Waals surface area contributed by atoms with Gasteiger partial charge in [-0.05, 0) is 31.3 Å². The van der Waals surface area contributed by atoms with Crippen molar-refractivity contribution in [1.82, 2.24) is 0 Å². The van der Waals surface area contributed by atoms with Gasteiger partial charge in [-0.3, -0.25) is 0 Å². The van der Waals surface area contributed by atoms with Crippen LogP contribution in [0, 0.1) is 11.8 Å². The quantitative estimate of drug-likeness (QED) is 0.440. The lowest BCUT2D eigenvalue weighted by atomic mass is 9.95. The normalized spacial score (nSPS) is 16.1. The van der Waals surface area contributed by atoms with Crippen molar-refractivity contribution < 1.29 is 0 Å². The van der Waals surface area contributed by atoms with Gasteiger partial charge < -0.3 is 0 Å². The van der Waals surface area contributed by atoms with Crippen molar-refractivity contribution in [3.8, 4) is 11.8 Å². The maximum absolute atomic E-state index is 4.02. The van der Waals surface area contributed by atoms with Crippen molar-refractivity contribution in [2.75, 3.05) is 0 Å². The van der Waals surface area contributed by atoms with Crippen LogP contribution in [0.5, 0.6) is 0 Å². The van der Waals surface area contributed by atoms with Gasteiger partial charge in [0.15, 0.2) is 0 Å². The van der Waals surface area contributed by atoms with Gasteiger partial charge in [-0.2, -0.15) is 0 Å².